The van der Waals surface area contributed by atoms with Gasteiger partial charge in [-0.25, -0.2) is 0 Å². The largest absolute Gasteiger partial charge is 0.490 e. The van der Waals surface area contributed by atoms with Gasteiger partial charge in [-0.3, -0.25) is 0 Å². The SMILES string of the molecule is CC.CC.CCc1cc(C(C)(C)C)cc(C(C)(C)C)c1O[C@H](C)Cc1ccccc1. The Morgan fingerprint density at radius 3 is 1.77 bits per heavy atom. The molecule has 0 aliphatic rings. The molecule has 1 atom stereocenters. The lowest BCUT2D eigenvalue weighted by atomic mass is 9.78. The van der Waals surface area contributed by atoms with Crippen LogP contribution in [0.4, 0.5) is 0 Å². The van der Waals surface area contributed by atoms with Crippen LogP contribution in [0.25, 0.3) is 0 Å². The van der Waals surface area contributed by atoms with Gasteiger partial charge in [0.1, 0.15) is 5.75 Å². The van der Waals surface area contributed by atoms with E-state index in [1.165, 1.54) is 22.3 Å². The van der Waals surface area contributed by atoms with Crippen LogP contribution < -0.4 is 4.74 Å². The fourth-order valence-electron chi connectivity index (χ4n) is 3.27. The average Bonchev–Trinajstić information content (AvgIpc) is 2.70. The normalized spacial score (nSPS) is 12.1. The number of rotatable bonds is 5. The van der Waals surface area contributed by atoms with E-state index in [-0.39, 0.29) is 16.9 Å². The van der Waals surface area contributed by atoms with E-state index in [0.717, 1.165) is 18.6 Å². The lowest BCUT2D eigenvalue weighted by Crippen LogP contribution is -2.22. The van der Waals surface area contributed by atoms with E-state index >= 15 is 0 Å². The second kappa shape index (κ2) is 12.8. The highest BCUT2D eigenvalue weighted by molar-refractivity contribution is 5.49. The standard InChI is InChI=1S/C25H36O.2C2H6/c1-9-20-16-21(24(3,4)5)17-22(25(6,7)8)23(20)26-18(2)15-19-13-11-10-12-14-19;2*1-2/h10-14,16-18H,9,15H2,1-8H3;2*1-2H3/t18-;;/m1../s1. The Bertz CT molecular complexity index is 715. The molecular formula is C29H48O. The summed E-state index contributed by atoms with van der Waals surface area (Å²) in [5.41, 5.74) is 5.54. The molecule has 2 aromatic rings. The third kappa shape index (κ3) is 8.54. The zero-order chi connectivity index (χ0) is 23.5. The first-order chi connectivity index (χ1) is 14.0. The lowest BCUT2D eigenvalue weighted by molar-refractivity contribution is 0.215. The molecule has 0 fully saturated rings. The molecule has 0 bridgehead atoms. The van der Waals surface area contributed by atoms with Crippen molar-refractivity contribution < 1.29 is 4.74 Å². The summed E-state index contributed by atoms with van der Waals surface area (Å²) < 4.78 is 6.57. The first-order valence-corrected chi connectivity index (χ1v) is 11.9. The Morgan fingerprint density at radius 1 is 0.800 bits per heavy atom. The quantitative estimate of drug-likeness (QED) is 0.476. The molecule has 0 aliphatic carbocycles. The first-order valence-electron chi connectivity index (χ1n) is 11.9. The van der Waals surface area contributed by atoms with E-state index in [9.17, 15) is 0 Å². The summed E-state index contributed by atoms with van der Waals surface area (Å²) in [4.78, 5) is 0. The van der Waals surface area contributed by atoms with Gasteiger partial charge >= 0.3 is 0 Å². The van der Waals surface area contributed by atoms with Crippen molar-refractivity contribution in [2.75, 3.05) is 0 Å². The fraction of sp³-hybridized carbons (Fsp3) is 0.586. The maximum Gasteiger partial charge on any atom is 0.126 e. The maximum atomic E-state index is 6.57. The van der Waals surface area contributed by atoms with Gasteiger partial charge in [0.2, 0.25) is 0 Å². The summed E-state index contributed by atoms with van der Waals surface area (Å²) in [6.45, 7) is 26.1. The minimum absolute atomic E-state index is 0.0486. The number of aryl methyl sites for hydroxylation is 1. The fourth-order valence-corrected chi connectivity index (χ4v) is 3.27. The summed E-state index contributed by atoms with van der Waals surface area (Å²) in [5, 5.41) is 0. The molecule has 0 aromatic heterocycles. The summed E-state index contributed by atoms with van der Waals surface area (Å²) >= 11 is 0. The number of hydrogen-bond donors (Lipinski definition) is 0. The number of hydrogen-bond acceptors (Lipinski definition) is 1. The molecular weight excluding hydrogens is 364 g/mol. The van der Waals surface area contributed by atoms with Crippen LogP contribution in [0, 0.1) is 0 Å². The van der Waals surface area contributed by atoms with Crippen LogP contribution in [-0.4, -0.2) is 6.10 Å². The molecule has 0 saturated heterocycles. The van der Waals surface area contributed by atoms with Crippen molar-refractivity contribution >= 4 is 0 Å². The summed E-state index contributed by atoms with van der Waals surface area (Å²) in [6.07, 6.45) is 2.05. The molecule has 0 heterocycles. The van der Waals surface area contributed by atoms with E-state index < -0.39 is 0 Å². The summed E-state index contributed by atoms with van der Waals surface area (Å²) in [6, 6.07) is 15.3. The molecule has 2 rings (SSSR count). The van der Waals surface area contributed by atoms with Crippen molar-refractivity contribution in [3.63, 3.8) is 0 Å². The molecule has 30 heavy (non-hydrogen) atoms. The highest BCUT2D eigenvalue weighted by Gasteiger charge is 2.26. The minimum atomic E-state index is 0.0486. The predicted octanol–water partition coefficient (Wildman–Crippen LogP) is 8.91. The van der Waals surface area contributed by atoms with E-state index in [1.807, 2.05) is 27.7 Å². The van der Waals surface area contributed by atoms with Gasteiger partial charge in [-0.1, -0.05) is 119 Å². The molecule has 0 aliphatic heterocycles. The first kappa shape index (κ1) is 28.2. The molecule has 0 spiro atoms. The Labute approximate surface area is 188 Å². The Morgan fingerprint density at radius 2 is 1.33 bits per heavy atom. The highest BCUT2D eigenvalue weighted by Crippen LogP contribution is 2.39. The predicted molar refractivity (Wildman–Crippen MR) is 136 cm³/mol. The minimum Gasteiger partial charge on any atom is -0.490 e. The van der Waals surface area contributed by atoms with E-state index in [2.05, 4.69) is 97.9 Å². The topological polar surface area (TPSA) is 9.23 Å². The van der Waals surface area contributed by atoms with Gasteiger partial charge in [0.15, 0.2) is 0 Å². The molecule has 0 unspecified atom stereocenters. The van der Waals surface area contributed by atoms with E-state index in [0.29, 0.717) is 0 Å². The van der Waals surface area contributed by atoms with Gasteiger partial charge in [-0.15, -0.1) is 0 Å². The van der Waals surface area contributed by atoms with Gasteiger partial charge in [0.25, 0.3) is 0 Å². The molecule has 1 heteroatoms. The molecule has 0 amide bonds. The summed E-state index contributed by atoms with van der Waals surface area (Å²) in [7, 11) is 0. The van der Waals surface area contributed by atoms with Crippen molar-refractivity contribution in [1.82, 2.24) is 0 Å². The highest BCUT2D eigenvalue weighted by atomic mass is 16.5. The van der Waals surface area contributed by atoms with Gasteiger partial charge in [-0.05, 0) is 40.9 Å². The monoisotopic (exact) mass is 412 g/mol. The van der Waals surface area contributed by atoms with Gasteiger partial charge in [0, 0.05) is 12.0 Å². The zero-order valence-electron chi connectivity index (χ0n) is 21.9. The van der Waals surface area contributed by atoms with Crippen molar-refractivity contribution in [3.8, 4) is 5.75 Å². The molecule has 2 aromatic carbocycles. The van der Waals surface area contributed by atoms with Crippen LogP contribution in [0.1, 0.15) is 105 Å². The third-order valence-corrected chi connectivity index (χ3v) is 4.91. The van der Waals surface area contributed by atoms with Crippen LogP contribution in [0.3, 0.4) is 0 Å². The van der Waals surface area contributed by atoms with E-state index in [1.54, 1.807) is 0 Å². The zero-order valence-corrected chi connectivity index (χ0v) is 21.9. The van der Waals surface area contributed by atoms with Crippen LogP contribution in [-0.2, 0) is 23.7 Å². The Hall–Kier alpha value is -1.76. The maximum absolute atomic E-state index is 6.57. The van der Waals surface area contributed by atoms with Gasteiger partial charge in [0.05, 0.1) is 6.10 Å². The van der Waals surface area contributed by atoms with Crippen molar-refractivity contribution in [1.29, 1.82) is 0 Å². The second-order valence-electron chi connectivity index (χ2n) is 9.48. The molecule has 0 N–H and O–H groups in total. The van der Waals surface area contributed by atoms with Crippen LogP contribution in [0.2, 0.25) is 0 Å². The van der Waals surface area contributed by atoms with Crippen LogP contribution in [0.5, 0.6) is 5.75 Å². The third-order valence-electron chi connectivity index (χ3n) is 4.91. The molecule has 1 nitrogen and oxygen atoms in total. The average molecular weight is 413 g/mol. The molecule has 0 radical (unpaired) electrons. The molecule has 0 saturated carbocycles. The van der Waals surface area contributed by atoms with Crippen LogP contribution >= 0.6 is 0 Å². The van der Waals surface area contributed by atoms with Crippen LogP contribution in [0.15, 0.2) is 42.5 Å². The number of benzene rings is 2. The Kier molecular flexibility index (Phi) is 12.1. The Balaban J connectivity index is 0.00000198. The number of ether oxygens (including phenoxy) is 1. The summed E-state index contributed by atoms with van der Waals surface area (Å²) in [5.74, 6) is 1.09. The van der Waals surface area contributed by atoms with Crippen molar-refractivity contribution in [2.24, 2.45) is 0 Å². The van der Waals surface area contributed by atoms with Crippen molar-refractivity contribution in [2.45, 2.75) is 113 Å². The smallest absolute Gasteiger partial charge is 0.126 e. The second-order valence-corrected chi connectivity index (χ2v) is 9.48. The molecule has 170 valence electrons. The van der Waals surface area contributed by atoms with Gasteiger partial charge < -0.3 is 4.74 Å². The lowest BCUT2D eigenvalue weighted by Gasteiger charge is -2.30. The van der Waals surface area contributed by atoms with Crippen molar-refractivity contribution in [3.05, 3.63) is 64.7 Å². The van der Waals surface area contributed by atoms with Gasteiger partial charge in [-0.2, -0.15) is 0 Å². The van der Waals surface area contributed by atoms with E-state index in [4.69, 9.17) is 4.74 Å².